The number of nitrogens with zero attached hydrogens (tertiary/aromatic N) is 1. The Kier molecular flexibility index (Phi) is 5.28. The van der Waals surface area contributed by atoms with E-state index in [1.807, 2.05) is 6.07 Å². The summed E-state index contributed by atoms with van der Waals surface area (Å²) in [6, 6.07) is 8.57. The van der Waals surface area contributed by atoms with Crippen LogP contribution in [0.3, 0.4) is 0 Å². The Balaban J connectivity index is 1.62. The first-order valence-electron chi connectivity index (χ1n) is 8.22. The van der Waals surface area contributed by atoms with Crippen molar-refractivity contribution in [3.05, 3.63) is 52.4 Å². The Labute approximate surface area is 151 Å². The molecule has 2 amide bonds. The minimum absolute atomic E-state index is 0.196. The first kappa shape index (κ1) is 17.4. The van der Waals surface area contributed by atoms with Crippen LogP contribution in [0.5, 0.6) is 0 Å². The molecule has 6 nitrogen and oxygen atoms in total. The third-order valence-electron chi connectivity index (χ3n) is 4.19. The van der Waals surface area contributed by atoms with Crippen molar-refractivity contribution >= 4 is 29.1 Å². The Bertz CT molecular complexity index is 782. The molecule has 0 unspecified atom stereocenters. The van der Waals surface area contributed by atoms with Crippen LogP contribution in [0.4, 0.5) is 5.69 Å². The standard InChI is InChI=1S/C18H20ClN3O3/c1-20-18(24)16-7-5-13(25-16)11-21-17(23)12-4-6-15(14(19)10-12)22-8-2-3-9-22/h4-7,10H,2-3,8-9,11H2,1H3,(H,20,24)(H,21,23). The largest absolute Gasteiger partial charge is 0.454 e. The molecule has 0 saturated carbocycles. The molecule has 0 aliphatic carbocycles. The summed E-state index contributed by atoms with van der Waals surface area (Å²) >= 11 is 6.34. The van der Waals surface area contributed by atoms with Crippen molar-refractivity contribution in [3.63, 3.8) is 0 Å². The smallest absolute Gasteiger partial charge is 0.286 e. The molecule has 1 fully saturated rings. The third-order valence-corrected chi connectivity index (χ3v) is 4.50. The van der Waals surface area contributed by atoms with E-state index in [4.69, 9.17) is 16.0 Å². The van der Waals surface area contributed by atoms with Gasteiger partial charge in [0.1, 0.15) is 5.76 Å². The topological polar surface area (TPSA) is 74.6 Å². The molecular weight excluding hydrogens is 342 g/mol. The van der Waals surface area contributed by atoms with Gasteiger partial charge in [-0.15, -0.1) is 0 Å². The minimum Gasteiger partial charge on any atom is -0.454 e. The van der Waals surface area contributed by atoms with Crippen molar-refractivity contribution < 1.29 is 14.0 Å². The van der Waals surface area contributed by atoms with Crippen molar-refractivity contribution in [1.82, 2.24) is 10.6 Å². The second-order valence-electron chi connectivity index (χ2n) is 5.89. The highest BCUT2D eigenvalue weighted by molar-refractivity contribution is 6.33. The van der Waals surface area contributed by atoms with E-state index in [1.54, 1.807) is 24.3 Å². The maximum Gasteiger partial charge on any atom is 0.286 e. The van der Waals surface area contributed by atoms with E-state index in [9.17, 15) is 9.59 Å². The van der Waals surface area contributed by atoms with E-state index < -0.39 is 0 Å². The maximum atomic E-state index is 12.3. The van der Waals surface area contributed by atoms with Crippen molar-refractivity contribution in [2.45, 2.75) is 19.4 Å². The van der Waals surface area contributed by atoms with Crippen molar-refractivity contribution in [1.29, 1.82) is 0 Å². The monoisotopic (exact) mass is 361 g/mol. The zero-order chi connectivity index (χ0) is 17.8. The van der Waals surface area contributed by atoms with Crippen LogP contribution in [-0.2, 0) is 6.54 Å². The average molecular weight is 362 g/mol. The van der Waals surface area contributed by atoms with Gasteiger partial charge in [-0.05, 0) is 43.2 Å². The predicted octanol–water partition coefficient (Wildman–Crippen LogP) is 2.82. The van der Waals surface area contributed by atoms with Crippen LogP contribution in [0.2, 0.25) is 5.02 Å². The first-order chi connectivity index (χ1) is 12.1. The van der Waals surface area contributed by atoms with Crippen molar-refractivity contribution in [3.8, 4) is 0 Å². The van der Waals surface area contributed by atoms with Crippen molar-refractivity contribution in [2.24, 2.45) is 0 Å². The van der Waals surface area contributed by atoms with Gasteiger partial charge in [0.2, 0.25) is 0 Å². The molecule has 132 valence electrons. The molecule has 2 N–H and O–H groups in total. The van der Waals surface area contributed by atoms with Crippen LogP contribution in [0.25, 0.3) is 0 Å². The number of rotatable bonds is 5. The van der Waals surface area contributed by atoms with E-state index in [2.05, 4.69) is 15.5 Å². The molecule has 25 heavy (non-hydrogen) atoms. The highest BCUT2D eigenvalue weighted by Crippen LogP contribution is 2.29. The molecule has 3 rings (SSSR count). The lowest BCUT2D eigenvalue weighted by molar-refractivity contribution is 0.0933. The van der Waals surface area contributed by atoms with Crippen LogP contribution < -0.4 is 15.5 Å². The summed E-state index contributed by atoms with van der Waals surface area (Å²) in [6.07, 6.45) is 2.33. The quantitative estimate of drug-likeness (QED) is 0.858. The van der Waals surface area contributed by atoms with Crippen LogP contribution in [0.1, 0.15) is 39.5 Å². The number of amides is 2. The number of hydrogen-bond donors (Lipinski definition) is 2. The molecule has 1 saturated heterocycles. The molecule has 0 spiro atoms. The molecular formula is C18H20ClN3O3. The second kappa shape index (κ2) is 7.61. The molecule has 2 aromatic rings. The zero-order valence-corrected chi connectivity index (χ0v) is 14.7. The minimum atomic E-state index is -0.304. The number of hydrogen-bond acceptors (Lipinski definition) is 4. The molecule has 1 aromatic heterocycles. The Hall–Kier alpha value is -2.47. The van der Waals surface area contributed by atoms with E-state index in [1.165, 1.54) is 19.9 Å². The van der Waals surface area contributed by atoms with Gasteiger partial charge in [-0.25, -0.2) is 0 Å². The first-order valence-corrected chi connectivity index (χ1v) is 8.60. The molecule has 1 aromatic carbocycles. The summed E-state index contributed by atoms with van der Waals surface area (Å²) in [6.45, 7) is 2.19. The number of carbonyl (C=O) groups excluding carboxylic acids is 2. The number of halogens is 1. The number of furan rings is 1. The van der Waals surface area contributed by atoms with Gasteiger partial charge >= 0.3 is 0 Å². The van der Waals surface area contributed by atoms with Gasteiger partial charge in [0, 0.05) is 25.7 Å². The number of nitrogens with one attached hydrogen (secondary N) is 2. The lowest BCUT2D eigenvalue weighted by atomic mass is 10.2. The summed E-state index contributed by atoms with van der Waals surface area (Å²) in [5.41, 5.74) is 1.46. The van der Waals surface area contributed by atoms with E-state index >= 15 is 0 Å². The van der Waals surface area contributed by atoms with Gasteiger partial charge in [-0.3, -0.25) is 9.59 Å². The van der Waals surface area contributed by atoms with Gasteiger partial charge in [-0.2, -0.15) is 0 Å². The van der Waals surface area contributed by atoms with Crippen LogP contribution in [0, 0.1) is 0 Å². The second-order valence-corrected chi connectivity index (χ2v) is 6.30. The maximum absolute atomic E-state index is 12.3. The zero-order valence-electron chi connectivity index (χ0n) is 14.0. The summed E-state index contributed by atoms with van der Waals surface area (Å²) in [7, 11) is 1.53. The average Bonchev–Trinajstić information content (AvgIpc) is 3.30. The number of benzene rings is 1. The molecule has 0 bridgehead atoms. The lowest BCUT2D eigenvalue weighted by Crippen LogP contribution is -2.23. The Morgan fingerprint density at radius 1 is 1.16 bits per heavy atom. The summed E-state index contributed by atoms with van der Waals surface area (Å²) < 4.78 is 5.37. The third kappa shape index (κ3) is 3.96. The van der Waals surface area contributed by atoms with E-state index in [0.717, 1.165) is 18.8 Å². The fraction of sp³-hybridized carbons (Fsp3) is 0.333. The Morgan fingerprint density at radius 2 is 1.92 bits per heavy atom. The normalized spacial score (nSPS) is 13.8. The van der Waals surface area contributed by atoms with Gasteiger partial charge in [0.15, 0.2) is 5.76 Å². The fourth-order valence-electron chi connectivity index (χ4n) is 2.85. The summed E-state index contributed by atoms with van der Waals surface area (Å²) in [5.74, 6) is 0.172. The Morgan fingerprint density at radius 3 is 2.60 bits per heavy atom. The molecule has 0 radical (unpaired) electrons. The fourth-order valence-corrected chi connectivity index (χ4v) is 3.15. The van der Waals surface area contributed by atoms with Crippen LogP contribution in [0.15, 0.2) is 34.7 Å². The van der Waals surface area contributed by atoms with Crippen LogP contribution in [-0.4, -0.2) is 32.0 Å². The van der Waals surface area contributed by atoms with Crippen molar-refractivity contribution in [2.75, 3.05) is 25.0 Å². The molecule has 7 heteroatoms. The van der Waals surface area contributed by atoms with E-state index in [-0.39, 0.29) is 24.1 Å². The SMILES string of the molecule is CNC(=O)c1ccc(CNC(=O)c2ccc(N3CCCC3)c(Cl)c2)o1. The highest BCUT2D eigenvalue weighted by atomic mass is 35.5. The number of carbonyl (C=O) groups is 2. The molecule has 1 aliphatic rings. The van der Waals surface area contributed by atoms with Crippen LogP contribution >= 0.6 is 11.6 Å². The summed E-state index contributed by atoms with van der Waals surface area (Å²) in [4.78, 5) is 26.0. The molecule has 0 atom stereocenters. The number of anilines is 1. The van der Waals surface area contributed by atoms with E-state index in [0.29, 0.717) is 16.3 Å². The van der Waals surface area contributed by atoms with Gasteiger partial charge in [-0.1, -0.05) is 11.6 Å². The molecule has 1 aliphatic heterocycles. The highest BCUT2D eigenvalue weighted by Gasteiger charge is 2.17. The predicted molar refractivity (Wildman–Crippen MR) is 96.2 cm³/mol. The van der Waals surface area contributed by atoms with Gasteiger partial charge < -0.3 is 20.0 Å². The van der Waals surface area contributed by atoms with Gasteiger partial charge in [0.25, 0.3) is 11.8 Å². The molecule has 2 heterocycles. The summed E-state index contributed by atoms with van der Waals surface area (Å²) in [5, 5.41) is 5.82. The lowest BCUT2D eigenvalue weighted by Gasteiger charge is -2.19. The van der Waals surface area contributed by atoms with Gasteiger partial charge in [0.05, 0.1) is 17.3 Å².